The predicted molar refractivity (Wildman–Crippen MR) is 105 cm³/mol. The highest BCUT2D eigenvalue weighted by Gasteiger charge is 2.21. The molecular weight excluding hydrogens is 366 g/mol. The van der Waals surface area contributed by atoms with E-state index in [9.17, 15) is 14.4 Å². The second kappa shape index (κ2) is 10.0. The van der Waals surface area contributed by atoms with Gasteiger partial charge in [-0.15, -0.1) is 11.3 Å². The van der Waals surface area contributed by atoms with E-state index in [0.29, 0.717) is 19.3 Å². The Balaban J connectivity index is 1.69. The van der Waals surface area contributed by atoms with E-state index in [2.05, 4.69) is 15.6 Å². The van der Waals surface area contributed by atoms with Gasteiger partial charge < -0.3 is 15.7 Å². The summed E-state index contributed by atoms with van der Waals surface area (Å²) in [5, 5.41) is 15.1. The van der Waals surface area contributed by atoms with Crippen LogP contribution in [0.4, 0.5) is 0 Å². The average molecular weight is 391 g/mol. The molecule has 0 radical (unpaired) electrons. The molecule has 0 spiro atoms. The summed E-state index contributed by atoms with van der Waals surface area (Å²) in [7, 11) is 0. The second-order valence-electron chi connectivity index (χ2n) is 6.79. The van der Waals surface area contributed by atoms with Crippen LogP contribution in [-0.2, 0) is 20.8 Å². The number of amides is 2. The van der Waals surface area contributed by atoms with Crippen LogP contribution in [-0.4, -0.2) is 40.5 Å². The Hall–Kier alpha value is -2.48. The first kappa shape index (κ1) is 20.8. The monoisotopic (exact) mass is 391 g/mol. The van der Waals surface area contributed by atoms with Crippen molar-refractivity contribution < 1.29 is 19.5 Å². The van der Waals surface area contributed by atoms with Crippen LogP contribution in [0.3, 0.4) is 0 Å². The third kappa shape index (κ3) is 6.97. The van der Waals surface area contributed by atoms with Gasteiger partial charge in [0, 0.05) is 6.42 Å². The molecule has 7 nitrogen and oxygen atoms in total. The van der Waals surface area contributed by atoms with Gasteiger partial charge in [-0.3, -0.25) is 9.59 Å². The normalized spacial score (nSPS) is 12.1. The average Bonchev–Trinajstić information content (AvgIpc) is 3.01. The Labute approximate surface area is 162 Å². The molecule has 0 bridgehead atoms. The van der Waals surface area contributed by atoms with E-state index in [4.69, 9.17) is 5.11 Å². The Morgan fingerprint density at radius 2 is 1.93 bits per heavy atom. The smallest absolute Gasteiger partial charge is 0.326 e. The summed E-state index contributed by atoms with van der Waals surface area (Å²) in [6.45, 7) is 3.55. The van der Waals surface area contributed by atoms with Gasteiger partial charge in [-0.1, -0.05) is 26.0 Å². The van der Waals surface area contributed by atoms with Gasteiger partial charge >= 0.3 is 5.97 Å². The molecule has 1 aromatic heterocycles. The number of rotatable bonds is 10. The van der Waals surface area contributed by atoms with Crippen LogP contribution in [0.5, 0.6) is 0 Å². The third-order valence-electron chi connectivity index (χ3n) is 3.92. The molecule has 0 fully saturated rings. The van der Waals surface area contributed by atoms with Crippen molar-refractivity contribution >= 4 is 39.3 Å². The lowest BCUT2D eigenvalue weighted by molar-refractivity contribution is -0.142. The summed E-state index contributed by atoms with van der Waals surface area (Å²) >= 11 is 1.62. The fourth-order valence-corrected chi connectivity index (χ4v) is 3.64. The number of nitrogens with zero attached hydrogens (tertiary/aromatic N) is 1. The molecule has 2 amide bonds. The van der Waals surface area contributed by atoms with Gasteiger partial charge in [0.2, 0.25) is 11.8 Å². The highest BCUT2D eigenvalue weighted by Crippen LogP contribution is 2.22. The minimum atomic E-state index is -1.07. The Kier molecular flexibility index (Phi) is 7.72. The van der Waals surface area contributed by atoms with Crippen LogP contribution in [0.2, 0.25) is 0 Å². The topological polar surface area (TPSA) is 108 Å². The van der Waals surface area contributed by atoms with Crippen molar-refractivity contribution in [1.29, 1.82) is 0 Å². The van der Waals surface area contributed by atoms with E-state index in [1.54, 1.807) is 11.3 Å². The zero-order chi connectivity index (χ0) is 19.8. The number of aliphatic carboxylic acids is 1. The first-order valence-corrected chi connectivity index (χ1v) is 9.80. The summed E-state index contributed by atoms with van der Waals surface area (Å²) in [5.74, 6) is -1.66. The van der Waals surface area contributed by atoms with Gasteiger partial charge in [-0.05, 0) is 37.3 Å². The van der Waals surface area contributed by atoms with Crippen LogP contribution >= 0.6 is 11.3 Å². The highest BCUT2D eigenvalue weighted by molar-refractivity contribution is 7.18. The molecule has 1 aromatic carbocycles. The van der Waals surface area contributed by atoms with Crippen LogP contribution in [0.25, 0.3) is 10.2 Å². The lowest BCUT2D eigenvalue weighted by Crippen LogP contribution is -2.46. The minimum absolute atomic E-state index is 0.142. The third-order valence-corrected chi connectivity index (χ3v) is 5.02. The van der Waals surface area contributed by atoms with E-state index >= 15 is 0 Å². The number of benzene rings is 1. The summed E-state index contributed by atoms with van der Waals surface area (Å²) in [4.78, 5) is 39.4. The molecule has 8 heteroatoms. The number of hydrogen-bond acceptors (Lipinski definition) is 5. The zero-order valence-corrected chi connectivity index (χ0v) is 16.3. The maximum absolute atomic E-state index is 11.9. The molecule has 27 heavy (non-hydrogen) atoms. The summed E-state index contributed by atoms with van der Waals surface area (Å²) in [6.07, 6.45) is 1.97. The first-order chi connectivity index (χ1) is 12.8. The molecular formula is C19H25N3O4S. The van der Waals surface area contributed by atoms with Crippen molar-refractivity contribution in [3.05, 3.63) is 29.3 Å². The Morgan fingerprint density at radius 3 is 2.59 bits per heavy atom. The number of carboxylic acid groups (broad SMARTS) is 1. The van der Waals surface area contributed by atoms with E-state index in [1.165, 1.54) is 0 Å². The molecule has 0 saturated heterocycles. The number of nitrogens with one attached hydrogen (secondary N) is 2. The van der Waals surface area contributed by atoms with Crippen LogP contribution in [0, 0.1) is 5.92 Å². The SMILES string of the molecule is CC(C)C[C@H](NC(=O)CNC(=O)CCCc1nc2ccccc2s1)C(=O)O. The van der Waals surface area contributed by atoms with Gasteiger partial charge in [-0.25, -0.2) is 9.78 Å². The number of para-hydroxylation sites is 1. The van der Waals surface area contributed by atoms with Crippen molar-refractivity contribution in [2.24, 2.45) is 5.92 Å². The van der Waals surface area contributed by atoms with Crippen molar-refractivity contribution in [2.75, 3.05) is 6.54 Å². The molecule has 0 saturated carbocycles. The van der Waals surface area contributed by atoms with Gasteiger partial charge in [0.05, 0.1) is 21.8 Å². The molecule has 0 aliphatic heterocycles. The molecule has 146 valence electrons. The Morgan fingerprint density at radius 1 is 1.19 bits per heavy atom. The van der Waals surface area contributed by atoms with E-state index in [0.717, 1.165) is 15.2 Å². The van der Waals surface area contributed by atoms with Crippen LogP contribution in [0.1, 0.15) is 38.1 Å². The minimum Gasteiger partial charge on any atom is -0.480 e. The van der Waals surface area contributed by atoms with Crippen LogP contribution < -0.4 is 10.6 Å². The van der Waals surface area contributed by atoms with Crippen molar-refractivity contribution in [3.63, 3.8) is 0 Å². The molecule has 0 aliphatic carbocycles. The molecule has 0 aliphatic rings. The number of carbonyl (C=O) groups excluding carboxylic acids is 2. The van der Waals surface area contributed by atoms with Crippen molar-refractivity contribution in [3.8, 4) is 0 Å². The molecule has 0 unspecified atom stereocenters. The van der Waals surface area contributed by atoms with Crippen molar-refractivity contribution in [2.45, 2.75) is 45.6 Å². The first-order valence-electron chi connectivity index (χ1n) is 8.98. The van der Waals surface area contributed by atoms with E-state index in [1.807, 2.05) is 38.1 Å². The summed E-state index contributed by atoms with van der Waals surface area (Å²) in [5.41, 5.74) is 0.966. The molecule has 3 N–H and O–H groups in total. The fourth-order valence-electron chi connectivity index (χ4n) is 2.63. The zero-order valence-electron chi connectivity index (χ0n) is 15.5. The van der Waals surface area contributed by atoms with E-state index in [-0.39, 0.29) is 24.8 Å². The number of thiazole rings is 1. The van der Waals surface area contributed by atoms with Gasteiger partial charge in [-0.2, -0.15) is 0 Å². The fraction of sp³-hybridized carbons (Fsp3) is 0.474. The highest BCUT2D eigenvalue weighted by atomic mass is 32.1. The van der Waals surface area contributed by atoms with Gasteiger partial charge in [0.25, 0.3) is 0 Å². The number of carbonyl (C=O) groups is 3. The lowest BCUT2D eigenvalue weighted by atomic mass is 10.0. The Bertz CT molecular complexity index is 770. The summed E-state index contributed by atoms with van der Waals surface area (Å²) in [6, 6.07) is 6.96. The number of fused-ring (bicyclic) bond motifs is 1. The summed E-state index contributed by atoms with van der Waals surface area (Å²) < 4.78 is 1.13. The predicted octanol–water partition coefficient (Wildman–Crippen LogP) is 2.35. The van der Waals surface area contributed by atoms with Gasteiger partial charge in [0.15, 0.2) is 0 Å². The number of aromatic nitrogens is 1. The maximum atomic E-state index is 11.9. The number of aryl methyl sites for hydroxylation is 1. The maximum Gasteiger partial charge on any atom is 0.326 e. The second-order valence-corrected chi connectivity index (χ2v) is 7.91. The number of carboxylic acids is 1. The largest absolute Gasteiger partial charge is 0.480 e. The quantitative estimate of drug-likeness (QED) is 0.576. The molecule has 2 aromatic rings. The molecule has 1 heterocycles. The lowest BCUT2D eigenvalue weighted by Gasteiger charge is -2.16. The standard InChI is InChI=1S/C19H25N3O4S/c1-12(2)10-14(19(25)26)21-17(24)11-20-16(23)8-5-9-18-22-13-6-3-4-7-15(13)27-18/h3-4,6-7,12,14H,5,8-11H2,1-2H3,(H,20,23)(H,21,24)(H,25,26)/t14-/m0/s1. The molecule has 1 atom stereocenters. The van der Waals surface area contributed by atoms with Crippen molar-refractivity contribution in [1.82, 2.24) is 15.6 Å². The van der Waals surface area contributed by atoms with Crippen LogP contribution in [0.15, 0.2) is 24.3 Å². The molecule has 2 rings (SSSR count). The number of hydrogen-bond donors (Lipinski definition) is 3. The van der Waals surface area contributed by atoms with Gasteiger partial charge in [0.1, 0.15) is 6.04 Å². The van der Waals surface area contributed by atoms with E-state index < -0.39 is 17.9 Å².